The van der Waals surface area contributed by atoms with Gasteiger partial charge in [0.1, 0.15) is 5.82 Å². The molecule has 0 aromatic heterocycles. The molecule has 0 radical (unpaired) electrons. The Balaban J connectivity index is 0.00000225. The largest absolute Gasteiger partial charge is 0.338 e. The summed E-state index contributed by atoms with van der Waals surface area (Å²) >= 11 is 0. The number of likely N-dealkylation sites (tertiary alicyclic amines) is 2. The van der Waals surface area contributed by atoms with Gasteiger partial charge >= 0.3 is 0 Å². The summed E-state index contributed by atoms with van der Waals surface area (Å²) in [7, 11) is 0. The van der Waals surface area contributed by atoms with E-state index in [2.05, 4.69) is 11.8 Å². The zero-order chi connectivity index (χ0) is 17.1. The zero-order valence-electron chi connectivity index (χ0n) is 14.9. The molecule has 1 aromatic rings. The van der Waals surface area contributed by atoms with Crippen LogP contribution < -0.4 is 5.73 Å². The minimum atomic E-state index is -0.219. The number of carbonyl (C=O) groups excluding carboxylic acids is 1. The molecule has 2 fully saturated rings. The molecule has 2 heterocycles. The van der Waals surface area contributed by atoms with Crippen LogP contribution in [0.1, 0.15) is 38.2 Å². The Morgan fingerprint density at radius 2 is 2.00 bits per heavy atom. The van der Waals surface area contributed by atoms with Crippen LogP contribution >= 0.6 is 12.4 Å². The Bertz CT molecular complexity index is 568. The topological polar surface area (TPSA) is 49.6 Å². The lowest BCUT2D eigenvalue weighted by molar-refractivity contribution is -0.139. The van der Waals surface area contributed by atoms with Crippen molar-refractivity contribution in [2.45, 2.75) is 51.2 Å². The van der Waals surface area contributed by atoms with Crippen molar-refractivity contribution in [1.82, 2.24) is 9.80 Å². The van der Waals surface area contributed by atoms with Crippen molar-refractivity contribution in [3.8, 4) is 0 Å². The molecule has 1 aromatic carbocycles. The smallest absolute Gasteiger partial charge is 0.240 e. The molecule has 3 rings (SSSR count). The fourth-order valence-electron chi connectivity index (χ4n) is 4.10. The minimum Gasteiger partial charge on any atom is -0.338 e. The van der Waals surface area contributed by atoms with E-state index in [-0.39, 0.29) is 36.2 Å². The Morgan fingerprint density at radius 1 is 1.28 bits per heavy atom. The summed E-state index contributed by atoms with van der Waals surface area (Å²) in [5.41, 5.74) is 6.86. The van der Waals surface area contributed by atoms with Crippen LogP contribution in [0.3, 0.4) is 0 Å². The third-order valence-electron chi connectivity index (χ3n) is 5.48. The number of amides is 1. The number of benzene rings is 1. The quantitative estimate of drug-likeness (QED) is 0.887. The SMILES string of the molecule is CC1CC(CN)CN1C(=O)C1CCCCN1Cc1ccc(F)cc1.Cl. The van der Waals surface area contributed by atoms with E-state index in [0.29, 0.717) is 19.0 Å². The lowest BCUT2D eigenvalue weighted by atomic mass is 9.99. The van der Waals surface area contributed by atoms with Gasteiger partial charge in [-0.3, -0.25) is 9.69 Å². The first-order valence-corrected chi connectivity index (χ1v) is 9.07. The average Bonchev–Trinajstić information content (AvgIpc) is 2.98. The van der Waals surface area contributed by atoms with Crippen LogP contribution in [0.4, 0.5) is 4.39 Å². The number of piperidine rings is 1. The van der Waals surface area contributed by atoms with Crippen molar-refractivity contribution in [3.63, 3.8) is 0 Å². The average molecular weight is 370 g/mol. The Morgan fingerprint density at radius 3 is 2.64 bits per heavy atom. The molecule has 2 aliphatic heterocycles. The fraction of sp³-hybridized carbons (Fsp3) is 0.632. The molecule has 2 aliphatic rings. The fourth-order valence-corrected chi connectivity index (χ4v) is 4.10. The molecule has 6 heteroatoms. The van der Waals surface area contributed by atoms with E-state index >= 15 is 0 Å². The van der Waals surface area contributed by atoms with Gasteiger partial charge in [0.25, 0.3) is 0 Å². The molecule has 140 valence electrons. The van der Waals surface area contributed by atoms with Gasteiger partial charge in [-0.05, 0) is 62.9 Å². The van der Waals surface area contributed by atoms with Gasteiger partial charge < -0.3 is 10.6 Å². The number of hydrogen-bond donors (Lipinski definition) is 1. The summed E-state index contributed by atoms with van der Waals surface area (Å²) < 4.78 is 13.1. The van der Waals surface area contributed by atoms with Crippen molar-refractivity contribution in [2.75, 3.05) is 19.6 Å². The van der Waals surface area contributed by atoms with Gasteiger partial charge in [0.05, 0.1) is 6.04 Å². The summed E-state index contributed by atoms with van der Waals surface area (Å²) in [5.74, 6) is 0.460. The first-order chi connectivity index (χ1) is 11.6. The highest BCUT2D eigenvalue weighted by Crippen LogP contribution is 2.27. The van der Waals surface area contributed by atoms with Crippen LogP contribution in [0.15, 0.2) is 24.3 Å². The molecule has 1 amide bonds. The van der Waals surface area contributed by atoms with E-state index in [1.54, 1.807) is 0 Å². The van der Waals surface area contributed by atoms with Crippen LogP contribution in [-0.2, 0) is 11.3 Å². The molecule has 25 heavy (non-hydrogen) atoms. The number of nitrogens with two attached hydrogens (primary N) is 1. The van der Waals surface area contributed by atoms with Gasteiger partial charge in [-0.1, -0.05) is 18.6 Å². The van der Waals surface area contributed by atoms with E-state index < -0.39 is 0 Å². The molecule has 3 atom stereocenters. The number of hydrogen-bond acceptors (Lipinski definition) is 3. The third kappa shape index (κ3) is 4.72. The van der Waals surface area contributed by atoms with Crippen molar-refractivity contribution in [2.24, 2.45) is 11.7 Å². The normalized spacial score (nSPS) is 27.2. The van der Waals surface area contributed by atoms with Crippen molar-refractivity contribution in [3.05, 3.63) is 35.6 Å². The van der Waals surface area contributed by atoms with Gasteiger partial charge in [-0.25, -0.2) is 4.39 Å². The molecule has 3 unspecified atom stereocenters. The Labute approximate surface area is 156 Å². The number of rotatable bonds is 4. The van der Waals surface area contributed by atoms with Crippen molar-refractivity contribution >= 4 is 18.3 Å². The first kappa shape index (κ1) is 20.1. The van der Waals surface area contributed by atoms with E-state index in [1.807, 2.05) is 17.0 Å². The number of halogens is 2. The summed E-state index contributed by atoms with van der Waals surface area (Å²) in [6.45, 7) is 5.20. The highest BCUT2D eigenvalue weighted by molar-refractivity contribution is 5.85. The second kappa shape index (κ2) is 8.97. The summed E-state index contributed by atoms with van der Waals surface area (Å²) in [4.78, 5) is 17.4. The van der Waals surface area contributed by atoms with Crippen LogP contribution in [0, 0.1) is 11.7 Å². The van der Waals surface area contributed by atoms with Crippen LogP contribution in [-0.4, -0.2) is 47.4 Å². The Hall–Kier alpha value is -1.17. The molecule has 0 spiro atoms. The van der Waals surface area contributed by atoms with E-state index in [9.17, 15) is 9.18 Å². The highest BCUT2D eigenvalue weighted by Gasteiger charge is 2.38. The maximum absolute atomic E-state index is 13.1. The zero-order valence-corrected chi connectivity index (χ0v) is 15.7. The summed E-state index contributed by atoms with van der Waals surface area (Å²) in [6, 6.07) is 6.83. The molecule has 0 saturated carbocycles. The summed E-state index contributed by atoms with van der Waals surface area (Å²) in [5, 5.41) is 0. The lowest BCUT2D eigenvalue weighted by Gasteiger charge is -2.38. The lowest BCUT2D eigenvalue weighted by Crippen LogP contribution is -2.51. The summed E-state index contributed by atoms with van der Waals surface area (Å²) in [6.07, 6.45) is 4.13. The predicted octanol–water partition coefficient (Wildman–Crippen LogP) is 2.80. The first-order valence-electron chi connectivity index (χ1n) is 9.07. The highest BCUT2D eigenvalue weighted by atomic mass is 35.5. The number of nitrogens with zero attached hydrogens (tertiary/aromatic N) is 2. The molecular weight excluding hydrogens is 341 g/mol. The van der Waals surface area contributed by atoms with Crippen LogP contribution in [0.2, 0.25) is 0 Å². The minimum absolute atomic E-state index is 0. The molecule has 0 bridgehead atoms. The molecule has 4 nitrogen and oxygen atoms in total. The predicted molar refractivity (Wildman–Crippen MR) is 100 cm³/mol. The maximum atomic E-state index is 13.1. The van der Waals surface area contributed by atoms with Crippen molar-refractivity contribution < 1.29 is 9.18 Å². The van der Waals surface area contributed by atoms with Gasteiger partial charge in [0, 0.05) is 19.1 Å². The van der Waals surface area contributed by atoms with Gasteiger partial charge in [-0.15, -0.1) is 12.4 Å². The molecule has 2 saturated heterocycles. The van der Waals surface area contributed by atoms with Crippen LogP contribution in [0.25, 0.3) is 0 Å². The molecule has 2 N–H and O–H groups in total. The monoisotopic (exact) mass is 369 g/mol. The second-order valence-corrected chi connectivity index (χ2v) is 7.29. The van der Waals surface area contributed by atoms with E-state index in [0.717, 1.165) is 44.3 Å². The van der Waals surface area contributed by atoms with Gasteiger partial charge in [-0.2, -0.15) is 0 Å². The number of carbonyl (C=O) groups is 1. The second-order valence-electron chi connectivity index (χ2n) is 7.29. The Kier molecular flexibility index (Phi) is 7.23. The molecule has 0 aliphatic carbocycles. The van der Waals surface area contributed by atoms with E-state index in [1.165, 1.54) is 12.1 Å². The van der Waals surface area contributed by atoms with Gasteiger partial charge in [0.15, 0.2) is 0 Å². The van der Waals surface area contributed by atoms with E-state index in [4.69, 9.17) is 5.73 Å². The van der Waals surface area contributed by atoms with Crippen LogP contribution in [0.5, 0.6) is 0 Å². The van der Waals surface area contributed by atoms with Gasteiger partial charge in [0.2, 0.25) is 5.91 Å². The third-order valence-corrected chi connectivity index (χ3v) is 5.48. The van der Waals surface area contributed by atoms with Crippen molar-refractivity contribution in [1.29, 1.82) is 0 Å². The standard InChI is InChI=1S/C19H28FN3O.ClH/c1-14-10-16(11-21)13-23(14)19(24)18-4-2-3-9-22(18)12-15-5-7-17(20)8-6-15;/h5-8,14,16,18H,2-4,9-13,21H2,1H3;1H. The molecular formula is C19H29ClFN3O. The maximum Gasteiger partial charge on any atom is 0.240 e.